The molecule has 0 amide bonds. The normalized spacial score (nSPS) is 10.0. The zero-order valence-electron chi connectivity index (χ0n) is 7.31. The highest BCUT2D eigenvalue weighted by molar-refractivity contribution is 9.08. The third kappa shape index (κ3) is 2.07. The zero-order valence-corrected chi connectivity index (χ0v) is 9.65. The van der Waals surface area contributed by atoms with Crippen molar-refractivity contribution in [3.8, 4) is 0 Å². The smallest absolute Gasteiger partial charge is 0.341 e. The highest BCUT2D eigenvalue weighted by atomic mass is 79.9. The lowest BCUT2D eigenvalue weighted by molar-refractivity contribution is 0.0594. The van der Waals surface area contributed by atoms with Crippen molar-refractivity contribution in [3.05, 3.63) is 34.1 Å². The predicted octanol–water partition coefficient (Wildman–Crippen LogP) is 3.16. The first-order valence-electron chi connectivity index (χ1n) is 3.73. The molecular formula is C9H7BrClFO2. The lowest BCUT2D eigenvalue weighted by Crippen LogP contribution is -2.08. The van der Waals surface area contributed by atoms with Gasteiger partial charge in [0.2, 0.25) is 0 Å². The summed E-state index contributed by atoms with van der Waals surface area (Å²) in [4.78, 5) is 11.2. The lowest BCUT2D eigenvalue weighted by Gasteiger charge is -2.07. The maximum atomic E-state index is 13.4. The van der Waals surface area contributed by atoms with Gasteiger partial charge in [-0.15, -0.1) is 0 Å². The first-order chi connectivity index (χ1) is 6.61. The van der Waals surface area contributed by atoms with Gasteiger partial charge in [0.1, 0.15) is 5.56 Å². The van der Waals surface area contributed by atoms with Crippen molar-refractivity contribution < 1.29 is 13.9 Å². The quantitative estimate of drug-likeness (QED) is 0.615. The van der Waals surface area contributed by atoms with Gasteiger partial charge in [-0.2, -0.15) is 0 Å². The van der Waals surface area contributed by atoms with E-state index in [4.69, 9.17) is 11.6 Å². The van der Waals surface area contributed by atoms with E-state index in [9.17, 15) is 9.18 Å². The number of halogens is 3. The number of methoxy groups -OCH3 is 1. The number of alkyl halides is 1. The summed E-state index contributed by atoms with van der Waals surface area (Å²) in [5, 5.41) is 0.279. The number of carbonyl (C=O) groups is 1. The van der Waals surface area contributed by atoms with Crippen LogP contribution >= 0.6 is 27.5 Å². The Hall–Kier alpha value is -0.610. The monoisotopic (exact) mass is 280 g/mol. The van der Waals surface area contributed by atoms with Gasteiger partial charge >= 0.3 is 5.97 Å². The van der Waals surface area contributed by atoms with Crippen LogP contribution in [-0.4, -0.2) is 13.1 Å². The van der Waals surface area contributed by atoms with Crippen LogP contribution in [0.15, 0.2) is 12.1 Å². The molecule has 0 aliphatic heterocycles. The standard InChI is InChI=1S/C9H7BrClFO2/c1-14-9(13)7-5(4-10)2-3-6(11)8(7)12/h2-3H,4H2,1H3. The molecule has 0 unspecified atom stereocenters. The lowest BCUT2D eigenvalue weighted by atomic mass is 10.1. The van der Waals surface area contributed by atoms with Crippen molar-refractivity contribution in [2.24, 2.45) is 0 Å². The largest absolute Gasteiger partial charge is 0.465 e. The van der Waals surface area contributed by atoms with Crippen LogP contribution in [0.25, 0.3) is 0 Å². The topological polar surface area (TPSA) is 26.3 Å². The number of rotatable bonds is 2. The average Bonchev–Trinajstić information content (AvgIpc) is 2.20. The van der Waals surface area contributed by atoms with E-state index >= 15 is 0 Å². The van der Waals surface area contributed by atoms with E-state index in [0.29, 0.717) is 10.9 Å². The summed E-state index contributed by atoms with van der Waals surface area (Å²) >= 11 is 8.69. The van der Waals surface area contributed by atoms with E-state index in [1.165, 1.54) is 13.2 Å². The van der Waals surface area contributed by atoms with E-state index in [2.05, 4.69) is 20.7 Å². The molecule has 0 fully saturated rings. The van der Waals surface area contributed by atoms with E-state index in [1.807, 2.05) is 0 Å². The number of ether oxygens (including phenoxy) is 1. The Morgan fingerprint density at radius 1 is 1.64 bits per heavy atom. The first kappa shape index (κ1) is 11.5. The van der Waals surface area contributed by atoms with Crippen LogP contribution in [0.5, 0.6) is 0 Å². The molecule has 2 nitrogen and oxygen atoms in total. The molecule has 5 heteroatoms. The molecule has 1 aromatic carbocycles. The van der Waals surface area contributed by atoms with Crippen LogP contribution in [-0.2, 0) is 10.1 Å². The van der Waals surface area contributed by atoms with Crippen LogP contribution in [0.4, 0.5) is 4.39 Å². The molecule has 0 bridgehead atoms. The van der Waals surface area contributed by atoms with Crippen molar-refractivity contribution in [3.63, 3.8) is 0 Å². The summed E-state index contributed by atoms with van der Waals surface area (Å²) in [6, 6.07) is 2.98. The number of hydrogen-bond acceptors (Lipinski definition) is 2. The van der Waals surface area contributed by atoms with Crippen LogP contribution in [0.1, 0.15) is 15.9 Å². The minimum absolute atomic E-state index is 0.0879. The van der Waals surface area contributed by atoms with Gasteiger partial charge in [0, 0.05) is 5.33 Å². The maximum Gasteiger partial charge on any atom is 0.341 e. The van der Waals surface area contributed by atoms with Gasteiger partial charge in [0.05, 0.1) is 12.1 Å². The van der Waals surface area contributed by atoms with Crippen molar-refractivity contribution in [1.82, 2.24) is 0 Å². The Balaban J connectivity index is 3.35. The van der Waals surface area contributed by atoms with Crippen molar-refractivity contribution in [2.75, 3.05) is 7.11 Å². The van der Waals surface area contributed by atoms with Crippen LogP contribution in [0, 0.1) is 5.82 Å². The van der Waals surface area contributed by atoms with Gasteiger partial charge in [0.25, 0.3) is 0 Å². The van der Waals surface area contributed by atoms with Crippen LogP contribution in [0.2, 0.25) is 5.02 Å². The molecule has 0 spiro atoms. The molecule has 0 aliphatic rings. The molecule has 1 aromatic rings. The Morgan fingerprint density at radius 3 is 2.79 bits per heavy atom. The fourth-order valence-corrected chi connectivity index (χ4v) is 1.65. The van der Waals surface area contributed by atoms with Crippen molar-refractivity contribution in [2.45, 2.75) is 5.33 Å². The van der Waals surface area contributed by atoms with Gasteiger partial charge < -0.3 is 4.74 Å². The number of esters is 1. The predicted molar refractivity (Wildman–Crippen MR) is 55.4 cm³/mol. The van der Waals surface area contributed by atoms with Gasteiger partial charge in [0.15, 0.2) is 5.82 Å². The van der Waals surface area contributed by atoms with Crippen molar-refractivity contribution in [1.29, 1.82) is 0 Å². The fourth-order valence-electron chi connectivity index (χ4n) is 1.02. The van der Waals surface area contributed by atoms with E-state index in [0.717, 1.165) is 0 Å². The summed E-state index contributed by atoms with van der Waals surface area (Å²) < 4.78 is 17.9. The minimum atomic E-state index is -0.740. The second kappa shape index (κ2) is 4.75. The molecule has 0 radical (unpaired) electrons. The fraction of sp³-hybridized carbons (Fsp3) is 0.222. The van der Waals surface area contributed by atoms with Gasteiger partial charge in [-0.1, -0.05) is 33.6 Å². The highest BCUT2D eigenvalue weighted by Gasteiger charge is 2.19. The molecule has 0 saturated carbocycles. The third-order valence-corrected chi connectivity index (χ3v) is 2.61. The Bertz CT molecular complexity index is 368. The molecule has 0 aromatic heterocycles. The maximum absolute atomic E-state index is 13.4. The molecule has 0 saturated heterocycles. The summed E-state index contributed by atoms with van der Waals surface area (Å²) in [6.07, 6.45) is 0. The van der Waals surface area contributed by atoms with Crippen molar-refractivity contribution >= 4 is 33.5 Å². The molecule has 0 heterocycles. The Morgan fingerprint density at radius 2 is 2.29 bits per heavy atom. The second-order valence-corrected chi connectivity index (χ2v) is 3.49. The van der Waals surface area contributed by atoms with E-state index in [1.54, 1.807) is 6.07 Å². The molecule has 1 rings (SSSR count). The molecule has 76 valence electrons. The zero-order chi connectivity index (χ0) is 10.7. The Kier molecular flexibility index (Phi) is 3.89. The molecule has 0 atom stereocenters. The molecule has 0 N–H and O–H groups in total. The number of benzene rings is 1. The van der Waals surface area contributed by atoms with Gasteiger partial charge in [-0.05, 0) is 11.6 Å². The summed E-state index contributed by atoms with van der Waals surface area (Å²) in [5.74, 6) is -1.46. The molecule has 0 aliphatic carbocycles. The molecular weight excluding hydrogens is 274 g/mol. The highest BCUT2D eigenvalue weighted by Crippen LogP contribution is 2.24. The first-order valence-corrected chi connectivity index (χ1v) is 5.23. The number of hydrogen-bond donors (Lipinski definition) is 0. The third-order valence-electron chi connectivity index (χ3n) is 1.71. The van der Waals surface area contributed by atoms with E-state index < -0.39 is 11.8 Å². The molecule has 14 heavy (non-hydrogen) atoms. The van der Waals surface area contributed by atoms with Crippen LogP contribution in [0.3, 0.4) is 0 Å². The summed E-state index contributed by atoms with van der Waals surface area (Å²) in [7, 11) is 1.20. The van der Waals surface area contributed by atoms with Crippen LogP contribution < -0.4 is 0 Å². The second-order valence-electron chi connectivity index (χ2n) is 2.52. The number of carbonyl (C=O) groups excluding carboxylic acids is 1. The van der Waals surface area contributed by atoms with Gasteiger partial charge in [-0.3, -0.25) is 0 Å². The average molecular weight is 282 g/mol. The SMILES string of the molecule is COC(=O)c1c(CBr)ccc(Cl)c1F. The van der Waals surface area contributed by atoms with E-state index in [-0.39, 0.29) is 10.6 Å². The minimum Gasteiger partial charge on any atom is -0.465 e. The summed E-state index contributed by atoms with van der Waals surface area (Å²) in [6.45, 7) is 0. The van der Waals surface area contributed by atoms with Gasteiger partial charge in [-0.25, -0.2) is 9.18 Å². The summed E-state index contributed by atoms with van der Waals surface area (Å²) in [5.41, 5.74) is 0.399. The Labute approximate surface area is 94.1 Å².